The highest BCUT2D eigenvalue weighted by molar-refractivity contribution is 5.54. The SMILES string of the molecule is CCNCc1cnc(C)cc1N1CCC(C)C(OC)C1. The Balaban J connectivity index is 2.19. The molecule has 1 N–H and O–H groups in total. The molecular formula is C16H27N3O. The molecule has 0 radical (unpaired) electrons. The van der Waals surface area contributed by atoms with E-state index in [0.29, 0.717) is 12.0 Å². The second-order valence-corrected chi connectivity index (χ2v) is 5.72. The molecule has 2 rings (SSSR count). The minimum Gasteiger partial charge on any atom is -0.379 e. The fraction of sp³-hybridized carbons (Fsp3) is 0.688. The van der Waals surface area contributed by atoms with Gasteiger partial charge in [0.25, 0.3) is 0 Å². The van der Waals surface area contributed by atoms with E-state index < -0.39 is 0 Å². The highest BCUT2D eigenvalue weighted by atomic mass is 16.5. The fourth-order valence-electron chi connectivity index (χ4n) is 2.82. The van der Waals surface area contributed by atoms with E-state index in [0.717, 1.165) is 31.9 Å². The van der Waals surface area contributed by atoms with Gasteiger partial charge < -0.3 is 15.0 Å². The summed E-state index contributed by atoms with van der Waals surface area (Å²) in [6.45, 7) is 10.4. The van der Waals surface area contributed by atoms with Crippen molar-refractivity contribution in [2.75, 3.05) is 31.6 Å². The van der Waals surface area contributed by atoms with Crippen LogP contribution in [0.5, 0.6) is 0 Å². The molecule has 1 aliphatic rings. The number of rotatable bonds is 5. The van der Waals surface area contributed by atoms with Crippen molar-refractivity contribution < 1.29 is 4.74 Å². The third kappa shape index (κ3) is 3.49. The molecule has 112 valence electrons. The van der Waals surface area contributed by atoms with Gasteiger partial charge in [-0.2, -0.15) is 0 Å². The molecule has 1 aliphatic heterocycles. The average Bonchev–Trinajstić information content (AvgIpc) is 2.46. The van der Waals surface area contributed by atoms with Crippen LogP contribution >= 0.6 is 0 Å². The molecule has 1 saturated heterocycles. The predicted molar refractivity (Wildman–Crippen MR) is 83.1 cm³/mol. The van der Waals surface area contributed by atoms with Gasteiger partial charge in [-0.3, -0.25) is 4.98 Å². The van der Waals surface area contributed by atoms with Crippen LogP contribution in [0, 0.1) is 12.8 Å². The molecular weight excluding hydrogens is 250 g/mol. The van der Waals surface area contributed by atoms with Crippen molar-refractivity contribution in [2.24, 2.45) is 5.92 Å². The van der Waals surface area contributed by atoms with Gasteiger partial charge >= 0.3 is 0 Å². The molecule has 0 spiro atoms. The molecule has 20 heavy (non-hydrogen) atoms. The lowest BCUT2D eigenvalue weighted by molar-refractivity contribution is 0.0498. The summed E-state index contributed by atoms with van der Waals surface area (Å²) >= 11 is 0. The second kappa shape index (κ2) is 7.04. The first-order chi connectivity index (χ1) is 9.65. The van der Waals surface area contributed by atoms with Gasteiger partial charge in [0.2, 0.25) is 0 Å². The van der Waals surface area contributed by atoms with Crippen LogP contribution in [0.1, 0.15) is 31.5 Å². The maximum atomic E-state index is 5.63. The van der Waals surface area contributed by atoms with Gasteiger partial charge in [0.1, 0.15) is 0 Å². The number of piperidine rings is 1. The number of methoxy groups -OCH3 is 1. The number of hydrogen-bond acceptors (Lipinski definition) is 4. The van der Waals surface area contributed by atoms with Gasteiger partial charge in [0.05, 0.1) is 6.10 Å². The summed E-state index contributed by atoms with van der Waals surface area (Å²) in [6.07, 6.45) is 3.51. The second-order valence-electron chi connectivity index (χ2n) is 5.72. The van der Waals surface area contributed by atoms with E-state index in [9.17, 15) is 0 Å². The van der Waals surface area contributed by atoms with Crippen LogP contribution in [0.3, 0.4) is 0 Å². The van der Waals surface area contributed by atoms with Crippen LogP contribution in [-0.4, -0.2) is 37.8 Å². The monoisotopic (exact) mass is 277 g/mol. The lowest BCUT2D eigenvalue weighted by atomic mass is 9.95. The van der Waals surface area contributed by atoms with Crippen molar-refractivity contribution in [2.45, 2.75) is 39.8 Å². The first-order valence-electron chi connectivity index (χ1n) is 7.59. The van der Waals surface area contributed by atoms with E-state index >= 15 is 0 Å². The van der Waals surface area contributed by atoms with Gasteiger partial charge in [-0.25, -0.2) is 0 Å². The van der Waals surface area contributed by atoms with Crippen LogP contribution in [0.15, 0.2) is 12.3 Å². The van der Waals surface area contributed by atoms with E-state index in [1.165, 1.54) is 17.7 Å². The van der Waals surface area contributed by atoms with Gasteiger partial charge in [-0.1, -0.05) is 13.8 Å². The first-order valence-corrected chi connectivity index (χ1v) is 7.59. The molecule has 1 aromatic heterocycles. The van der Waals surface area contributed by atoms with Crippen molar-refractivity contribution in [1.82, 2.24) is 10.3 Å². The van der Waals surface area contributed by atoms with Crippen molar-refractivity contribution in [3.8, 4) is 0 Å². The summed E-state index contributed by atoms with van der Waals surface area (Å²) in [4.78, 5) is 6.90. The largest absolute Gasteiger partial charge is 0.379 e. The Bertz CT molecular complexity index is 436. The first kappa shape index (κ1) is 15.3. The Labute approximate surface area is 122 Å². The van der Waals surface area contributed by atoms with Crippen molar-refractivity contribution in [3.05, 3.63) is 23.5 Å². The molecule has 4 heteroatoms. The zero-order chi connectivity index (χ0) is 14.5. The highest BCUT2D eigenvalue weighted by Crippen LogP contribution is 2.27. The Morgan fingerprint density at radius 1 is 1.50 bits per heavy atom. The molecule has 0 saturated carbocycles. The number of pyridine rings is 1. The molecule has 2 atom stereocenters. The molecule has 1 aromatic rings. The minimum atomic E-state index is 0.323. The quantitative estimate of drug-likeness (QED) is 0.896. The Morgan fingerprint density at radius 3 is 3.00 bits per heavy atom. The van der Waals surface area contributed by atoms with Crippen LogP contribution in [0.4, 0.5) is 5.69 Å². The molecule has 0 amide bonds. The fourth-order valence-corrected chi connectivity index (χ4v) is 2.82. The number of anilines is 1. The zero-order valence-corrected chi connectivity index (χ0v) is 13.1. The third-order valence-corrected chi connectivity index (χ3v) is 4.20. The van der Waals surface area contributed by atoms with Crippen molar-refractivity contribution >= 4 is 5.69 Å². The molecule has 4 nitrogen and oxygen atoms in total. The Hall–Kier alpha value is -1.13. The van der Waals surface area contributed by atoms with Crippen molar-refractivity contribution in [3.63, 3.8) is 0 Å². The maximum Gasteiger partial charge on any atom is 0.0772 e. The van der Waals surface area contributed by atoms with Crippen LogP contribution in [-0.2, 0) is 11.3 Å². The smallest absolute Gasteiger partial charge is 0.0772 e. The number of aryl methyl sites for hydroxylation is 1. The molecule has 0 bridgehead atoms. The van der Waals surface area contributed by atoms with Gasteiger partial charge in [0.15, 0.2) is 0 Å². The summed E-state index contributed by atoms with van der Waals surface area (Å²) in [7, 11) is 1.82. The summed E-state index contributed by atoms with van der Waals surface area (Å²) < 4.78 is 5.63. The van der Waals surface area contributed by atoms with E-state index in [4.69, 9.17) is 4.74 Å². The third-order valence-electron chi connectivity index (χ3n) is 4.20. The summed E-state index contributed by atoms with van der Waals surface area (Å²) in [5.74, 6) is 0.636. The molecule has 0 aliphatic carbocycles. The number of aromatic nitrogens is 1. The van der Waals surface area contributed by atoms with Crippen LogP contribution in [0.25, 0.3) is 0 Å². The summed E-state index contributed by atoms with van der Waals surface area (Å²) in [5, 5.41) is 3.40. The number of hydrogen-bond donors (Lipinski definition) is 1. The molecule has 2 unspecified atom stereocenters. The zero-order valence-electron chi connectivity index (χ0n) is 13.1. The average molecular weight is 277 g/mol. The van der Waals surface area contributed by atoms with Gasteiger partial charge in [0, 0.05) is 49.9 Å². The maximum absolute atomic E-state index is 5.63. The van der Waals surface area contributed by atoms with Crippen molar-refractivity contribution in [1.29, 1.82) is 0 Å². The van der Waals surface area contributed by atoms with Crippen LogP contribution in [0.2, 0.25) is 0 Å². The van der Waals surface area contributed by atoms with E-state index in [-0.39, 0.29) is 0 Å². The summed E-state index contributed by atoms with van der Waals surface area (Å²) in [6, 6.07) is 2.20. The Morgan fingerprint density at radius 2 is 2.30 bits per heavy atom. The minimum absolute atomic E-state index is 0.323. The molecule has 2 heterocycles. The highest BCUT2D eigenvalue weighted by Gasteiger charge is 2.27. The molecule has 0 aromatic carbocycles. The standard InChI is InChI=1S/C16H27N3O/c1-5-17-9-14-10-18-13(3)8-15(14)19-7-6-12(2)16(11-19)20-4/h8,10,12,16-17H,5-7,9,11H2,1-4H3. The Kier molecular flexibility index (Phi) is 5.38. The van der Waals surface area contributed by atoms with Crippen LogP contribution < -0.4 is 10.2 Å². The van der Waals surface area contributed by atoms with E-state index in [1.807, 2.05) is 13.3 Å². The predicted octanol–water partition coefficient (Wildman–Crippen LogP) is 2.36. The van der Waals surface area contributed by atoms with Gasteiger partial charge in [-0.15, -0.1) is 0 Å². The number of ether oxygens (including phenoxy) is 1. The lowest BCUT2D eigenvalue weighted by Gasteiger charge is -2.38. The number of nitrogens with one attached hydrogen (secondary N) is 1. The summed E-state index contributed by atoms with van der Waals surface area (Å²) in [5.41, 5.74) is 3.67. The normalized spacial score (nSPS) is 23.1. The van der Waals surface area contributed by atoms with E-state index in [1.54, 1.807) is 0 Å². The lowest BCUT2D eigenvalue weighted by Crippen LogP contribution is -2.44. The van der Waals surface area contributed by atoms with Gasteiger partial charge in [-0.05, 0) is 31.9 Å². The topological polar surface area (TPSA) is 37.4 Å². The van der Waals surface area contributed by atoms with E-state index in [2.05, 4.69) is 42.0 Å². The molecule has 1 fully saturated rings. The number of nitrogens with zero attached hydrogens (tertiary/aromatic N) is 2.